The lowest BCUT2D eigenvalue weighted by Crippen LogP contribution is -2.22. The van der Waals surface area contributed by atoms with E-state index in [0.717, 1.165) is 23.6 Å². The highest BCUT2D eigenvalue weighted by Gasteiger charge is 2.09. The standard InChI is InChI=1S/C12H22N4O/c1-8(2)5-10(17)6-14-12-9(3)11(13-4)15-7-16-12/h7-8,10,17H,5-6H2,1-4H3,(H2,13,14,15,16). The third-order valence-corrected chi connectivity index (χ3v) is 2.57. The van der Waals surface area contributed by atoms with Crippen LogP contribution in [0.15, 0.2) is 6.33 Å². The summed E-state index contributed by atoms with van der Waals surface area (Å²) in [5.74, 6) is 2.07. The Balaban J connectivity index is 2.57. The summed E-state index contributed by atoms with van der Waals surface area (Å²) < 4.78 is 0. The summed E-state index contributed by atoms with van der Waals surface area (Å²) in [5.41, 5.74) is 0.965. The number of aliphatic hydroxyl groups is 1. The van der Waals surface area contributed by atoms with Gasteiger partial charge in [-0.1, -0.05) is 13.8 Å². The number of nitrogens with zero attached hydrogens (tertiary/aromatic N) is 2. The summed E-state index contributed by atoms with van der Waals surface area (Å²) in [4.78, 5) is 8.27. The number of rotatable bonds is 6. The van der Waals surface area contributed by atoms with Crippen molar-refractivity contribution >= 4 is 11.6 Å². The fraction of sp³-hybridized carbons (Fsp3) is 0.667. The van der Waals surface area contributed by atoms with Crippen LogP contribution < -0.4 is 10.6 Å². The quantitative estimate of drug-likeness (QED) is 0.703. The van der Waals surface area contributed by atoms with Crippen LogP contribution in [0.3, 0.4) is 0 Å². The molecule has 0 bridgehead atoms. The van der Waals surface area contributed by atoms with Crippen molar-refractivity contribution in [3.05, 3.63) is 11.9 Å². The molecule has 0 fully saturated rings. The van der Waals surface area contributed by atoms with Crippen LogP contribution in [0, 0.1) is 12.8 Å². The highest BCUT2D eigenvalue weighted by molar-refractivity contribution is 5.56. The Hall–Kier alpha value is -1.36. The molecule has 3 N–H and O–H groups in total. The van der Waals surface area contributed by atoms with Crippen LogP contribution >= 0.6 is 0 Å². The molecule has 0 aliphatic heterocycles. The second-order valence-electron chi connectivity index (χ2n) is 4.61. The Morgan fingerprint density at radius 2 is 1.94 bits per heavy atom. The monoisotopic (exact) mass is 238 g/mol. The van der Waals surface area contributed by atoms with Gasteiger partial charge in [-0.05, 0) is 19.3 Å². The third-order valence-electron chi connectivity index (χ3n) is 2.57. The van der Waals surface area contributed by atoms with Gasteiger partial charge in [-0.2, -0.15) is 0 Å². The van der Waals surface area contributed by atoms with Crippen LogP contribution in [-0.4, -0.2) is 34.8 Å². The number of aromatic nitrogens is 2. The summed E-state index contributed by atoms with van der Waals surface area (Å²) >= 11 is 0. The Morgan fingerprint density at radius 3 is 2.53 bits per heavy atom. The van der Waals surface area contributed by atoms with E-state index in [1.165, 1.54) is 6.33 Å². The molecular weight excluding hydrogens is 216 g/mol. The van der Waals surface area contributed by atoms with Crippen molar-refractivity contribution < 1.29 is 5.11 Å². The van der Waals surface area contributed by atoms with Gasteiger partial charge in [-0.25, -0.2) is 9.97 Å². The Kier molecular flexibility index (Phi) is 5.15. The smallest absolute Gasteiger partial charge is 0.134 e. The first kappa shape index (κ1) is 13.7. The molecule has 0 saturated carbocycles. The number of aliphatic hydroxyl groups excluding tert-OH is 1. The zero-order valence-electron chi connectivity index (χ0n) is 11.0. The van der Waals surface area contributed by atoms with Gasteiger partial charge in [0.2, 0.25) is 0 Å². The van der Waals surface area contributed by atoms with Gasteiger partial charge < -0.3 is 15.7 Å². The molecular formula is C12H22N4O. The zero-order chi connectivity index (χ0) is 12.8. The van der Waals surface area contributed by atoms with Crippen molar-refractivity contribution in [2.75, 3.05) is 24.2 Å². The zero-order valence-corrected chi connectivity index (χ0v) is 11.0. The van der Waals surface area contributed by atoms with E-state index in [2.05, 4.69) is 34.4 Å². The predicted octanol–water partition coefficient (Wildman–Crippen LogP) is 1.65. The van der Waals surface area contributed by atoms with Crippen LogP contribution in [-0.2, 0) is 0 Å². The SMILES string of the molecule is CNc1ncnc(NCC(O)CC(C)C)c1C. The molecule has 1 aromatic heterocycles. The van der Waals surface area contributed by atoms with Crippen molar-refractivity contribution in [3.8, 4) is 0 Å². The molecule has 1 unspecified atom stereocenters. The molecule has 5 nitrogen and oxygen atoms in total. The predicted molar refractivity (Wildman–Crippen MR) is 70.3 cm³/mol. The number of hydrogen-bond acceptors (Lipinski definition) is 5. The van der Waals surface area contributed by atoms with Crippen LogP contribution in [0.4, 0.5) is 11.6 Å². The Bertz CT molecular complexity index is 354. The van der Waals surface area contributed by atoms with Crippen LogP contribution in [0.5, 0.6) is 0 Å². The molecule has 96 valence electrons. The average Bonchev–Trinajstić information content (AvgIpc) is 2.27. The molecule has 1 aromatic rings. The highest BCUT2D eigenvalue weighted by atomic mass is 16.3. The van der Waals surface area contributed by atoms with E-state index in [1.807, 2.05) is 14.0 Å². The molecule has 0 saturated heterocycles. The topological polar surface area (TPSA) is 70.1 Å². The van der Waals surface area contributed by atoms with Crippen LogP contribution in [0.2, 0.25) is 0 Å². The molecule has 17 heavy (non-hydrogen) atoms. The molecule has 0 aliphatic carbocycles. The van der Waals surface area contributed by atoms with Gasteiger partial charge in [0.1, 0.15) is 18.0 Å². The van der Waals surface area contributed by atoms with Crippen molar-refractivity contribution in [2.24, 2.45) is 5.92 Å². The summed E-state index contributed by atoms with van der Waals surface area (Å²) in [7, 11) is 1.83. The molecule has 0 aliphatic rings. The summed E-state index contributed by atoms with van der Waals surface area (Å²) in [6.45, 7) is 6.65. The lowest BCUT2D eigenvalue weighted by atomic mass is 10.1. The maximum Gasteiger partial charge on any atom is 0.134 e. The summed E-state index contributed by atoms with van der Waals surface area (Å²) in [6.07, 6.45) is 1.95. The van der Waals surface area contributed by atoms with Gasteiger partial charge in [0.25, 0.3) is 0 Å². The van der Waals surface area contributed by atoms with E-state index in [1.54, 1.807) is 0 Å². The van der Waals surface area contributed by atoms with Crippen molar-refractivity contribution in [3.63, 3.8) is 0 Å². The minimum Gasteiger partial charge on any atom is -0.391 e. The Morgan fingerprint density at radius 1 is 1.29 bits per heavy atom. The van der Waals surface area contributed by atoms with E-state index in [0.29, 0.717) is 12.5 Å². The van der Waals surface area contributed by atoms with E-state index in [4.69, 9.17) is 0 Å². The van der Waals surface area contributed by atoms with Gasteiger partial charge in [0.15, 0.2) is 0 Å². The second-order valence-corrected chi connectivity index (χ2v) is 4.61. The fourth-order valence-electron chi connectivity index (χ4n) is 1.72. The first-order valence-corrected chi connectivity index (χ1v) is 5.95. The average molecular weight is 238 g/mol. The maximum atomic E-state index is 9.78. The van der Waals surface area contributed by atoms with E-state index in [-0.39, 0.29) is 6.10 Å². The van der Waals surface area contributed by atoms with Crippen LogP contribution in [0.25, 0.3) is 0 Å². The molecule has 0 spiro atoms. The molecule has 5 heteroatoms. The van der Waals surface area contributed by atoms with E-state index in [9.17, 15) is 5.11 Å². The Labute approximate surface area is 103 Å². The second kappa shape index (κ2) is 6.39. The van der Waals surface area contributed by atoms with Gasteiger partial charge in [0.05, 0.1) is 6.10 Å². The van der Waals surface area contributed by atoms with Gasteiger partial charge in [-0.15, -0.1) is 0 Å². The number of hydrogen-bond donors (Lipinski definition) is 3. The van der Waals surface area contributed by atoms with Crippen molar-refractivity contribution in [1.82, 2.24) is 9.97 Å². The van der Waals surface area contributed by atoms with Crippen molar-refractivity contribution in [2.45, 2.75) is 33.3 Å². The fourth-order valence-corrected chi connectivity index (χ4v) is 1.72. The van der Waals surface area contributed by atoms with E-state index >= 15 is 0 Å². The first-order valence-electron chi connectivity index (χ1n) is 5.95. The molecule has 0 amide bonds. The third kappa shape index (κ3) is 4.19. The number of nitrogens with one attached hydrogen (secondary N) is 2. The van der Waals surface area contributed by atoms with Gasteiger partial charge in [-0.3, -0.25) is 0 Å². The molecule has 1 rings (SSSR count). The minimum absolute atomic E-state index is 0.345. The normalized spacial score (nSPS) is 12.6. The highest BCUT2D eigenvalue weighted by Crippen LogP contribution is 2.17. The lowest BCUT2D eigenvalue weighted by molar-refractivity contribution is 0.161. The van der Waals surface area contributed by atoms with E-state index < -0.39 is 0 Å². The maximum absolute atomic E-state index is 9.78. The molecule has 1 heterocycles. The summed E-state index contributed by atoms with van der Waals surface area (Å²) in [5, 5.41) is 15.9. The molecule has 0 aromatic carbocycles. The van der Waals surface area contributed by atoms with Crippen molar-refractivity contribution in [1.29, 1.82) is 0 Å². The largest absolute Gasteiger partial charge is 0.391 e. The van der Waals surface area contributed by atoms with Gasteiger partial charge >= 0.3 is 0 Å². The lowest BCUT2D eigenvalue weighted by Gasteiger charge is -2.16. The minimum atomic E-state index is -0.345. The number of anilines is 2. The first-order chi connectivity index (χ1) is 8.04. The summed E-state index contributed by atoms with van der Waals surface area (Å²) in [6, 6.07) is 0. The molecule has 1 atom stereocenters. The molecule has 0 radical (unpaired) electrons. The van der Waals surface area contributed by atoms with Crippen LogP contribution in [0.1, 0.15) is 25.8 Å². The van der Waals surface area contributed by atoms with Gasteiger partial charge in [0, 0.05) is 19.2 Å².